The summed E-state index contributed by atoms with van der Waals surface area (Å²) in [7, 11) is 0. The van der Waals surface area contributed by atoms with E-state index in [0.717, 1.165) is 16.0 Å². The predicted molar refractivity (Wildman–Crippen MR) is 122 cm³/mol. The number of hydrogen-bond acceptors (Lipinski definition) is 3. The minimum absolute atomic E-state index is 0.370. The maximum Gasteiger partial charge on any atom is 0.325 e. The van der Waals surface area contributed by atoms with Crippen LogP contribution in [0.3, 0.4) is 0 Å². The molecule has 156 valence electrons. The SMILES string of the molecule is CC1(c2ccccc2Br)NC(=O)N(CC(=O)Nc2ccc(-c3ccccc3)cc2)C1=O. The van der Waals surface area contributed by atoms with Gasteiger partial charge in [-0.2, -0.15) is 0 Å². The zero-order chi connectivity index (χ0) is 22.0. The summed E-state index contributed by atoms with van der Waals surface area (Å²) < 4.78 is 0.705. The van der Waals surface area contributed by atoms with Crippen molar-refractivity contribution < 1.29 is 14.4 Å². The highest BCUT2D eigenvalue weighted by Crippen LogP contribution is 2.33. The van der Waals surface area contributed by atoms with Crippen molar-refractivity contribution in [3.63, 3.8) is 0 Å². The van der Waals surface area contributed by atoms with Crippen molar-refractivity contribution in [2.75, 3.05) is 11.9 Å². The first-order valence-electron chi connectivity index (χ1n) is 9.73. The third kappa shape index (κ3) is 4.09. The Labute approximate surface area is 188 Å². The lowest BCUT2D eigenvalue weighted by Crippen LogP contribution is -2.42. The second-order valence-corrected chi connectivity index (χ2v) is 8.27. The number of rotatable bonds is 5. The normalized spacial score (nSPS) is 18.1. The average Bonchev–Trinajstić information content (AvgIpc) is 2.99. The Morgan fingerprint density at radius 2 is 1.55 bits per heavy atom. The summed E-state index contributed by atoms with van der Waals surface area (Å²) in [6, 6.07) is 23.9. The molecule has 1 fully saturated rings. The molecule has 4 amide bonds. The molecule has 1 aliphatic rings. The molecule has 0 aromatic heterocycles. The molecule has 6 nitrogen and oxygen atoms in total. The van der Waals surface area contributed by atoms with E-state index in [1.165, 1.54) is 0 Å². The molecule has 0 radical (unpaired) electrons. The van der Waals surface area contributed by atoms with Gasteiger partial charge >= 0.3 is 6.03 Å². The van der Waals surface area contributed by atoms with Crippen LogP contribution in [-0.4, -0.2) is 29.3 Å². The van der Waals surface area contributed by atoms with Crippen LogP contribution in [0.4, 0.5) is 10.5 Å². The molecule has 0 aliphatic carbocycles. The van der Waals surface area contributed by atoms with E-state index in [9.17, 15) is 14.4 Å². The number of amides is 4. The number of imide groups is 1. The summed E-state index contributed by atoms with van der Waals surface area (Å²) in [5.41, 5.74) is 2.08. The fraction of sp³-hybridized carbons (Fsp3) is 0.125. The average molecular weight is 478 g/mol. The number of anilines is 1. The molecule has 31 heavy (non-hydrogen) atoms. The number of nitrogens with one attached hydrogen (secondary N) is 2. The molecule has 0 saturated carbocycles. The lowest BCUT2D eigenvalue weighted by molar-refractivity contribution is -0.133. The van der Waals surface area contributed by atoms with Crippen LogP contribution >= 0.6 is 15.9 Å². The molecular weight excluding hydrogens is 458 g/mol. The molecule has 1 aliphatic heterocycles. The van der Waals surface area contributed by atoms with Crippen LogP contribution in [0.2, 0.25) is 0 Å². The van der Waals surface area contributed by atoms with Crippen molar-refractivity contribution >= 4 is 39.5 Å². The zero-order valence-corrected chi connectivity index (χ0v) is 18.3. The maximum atomic E-state index is 13.0. The van der Waals surface area contributed by atoms with E-state index < -0.39 is 23.4 Å². The fourth-order valence-corrected chi connectivity index (χ4v) is 4.29. The minimum Gasteiger partial charge on any atom is -0.325 e. The Hall–Kier alpha value is -3.45. The van der Waals surface area contributed by atoms with Crippen molar-refractivity contribution in [1.29, 1.82) is 0 Å². The molecule has 0 spiro atoms. The van der Waals surface area contributed by atoms with E-state index in [0.29, 0.717) is 15.7 Å². The Balaban J connectivity index is 1.45. The highest BCUT2D eigenvalue weighted by Gasteiger charge is 2.50. The third-order valence-electron chi connectivity index (χ3n) is 5.27. The Morgan fingerprint density at radius 3 is 2.23 bits per heavy atom. The van der Waals surface area contributed by atoms with Crippen LogP contribution in [-0.2, 0) is 15.1 Å². The van der Waals surface area contributed by atoms with Gasteiger partial charge in [0.15, 0.2) is 0 Å². The van der Waals surface area contributed by atoms with Crippen molar-refractivity contribution in [3.8, 4) is 11.1 Å². The summed E-state index contributed by atoms with van der Waals surface area (Å²) in [6.07, 6.45) is 0. The first kappa shape index (κ1) is 20.8. The van der Waals surface area contributed by atoms with Crippen LogP contribution < -0.4 is 10.6 Å². The Kier molecular flexibility index (Phi) is 5.61. The monoisotopic (exact) mass is 477 g/mol. The molecule has 1 atom stereocenters. The number of urea groups is 1. The molecule has 7 heteroatoms. The number of nitrogens with zero attached hydrogens (tertiary/aromatic N) is 1. The van der Waals surface area contributed by atoms with Gasteiger partial charge in [-0.1, -0.05) is 76.6 Å². The van der Waals surface area contributed by atoms with Crippen molar-refractivity contribution in [3.05, 3.63) is 88.9 Å². The third-order valence-corrected chi connectivity index (χ3v) is 5.96. The molecule has 1 unspecified atom stereocenters. The summed E-state index contributed by atoms with van der Waals surface area (Å²) in [5, 5.41) is 5.45. The van der Waals surface area contributed by atoms with Crippen LogP contribution in [0.15, 0.2) is 83.3 Å². The highest BCUT2D eigenvalue weighted by atomic mass is 79.9. The highest BCUT2D eigenvalue weighted by molar-refractivity contribution is 9.10. The van der Waals surface area contributed by atoms with Crippen LogP contribution in [0, 0.1) is 0 Å². The lowest BCUT2D eigenvalue weighted by Gasteiger charge is -2.23. The van der Waals surface area contributed by atoms with Crippen molar-refractivity contribution in [1.82, 2.24) is 10.2 Å². The maximum absolute atomic E-state index is 13.0. The lowest BCUT2D eigenvalue weighted by atomic mass is 9.92. The Bertz CT molecular complexity index is 1150. The predicted octanol–water partition coefficient (Wildman–Crippen LogP) is 4.52. The quantitative estimate of drug-likeness (QED) is 0.530. The topological polar surface area (TPSA) is 78.5 Å². The van der Waals surface area contributed by atoms with Crippen LogP contribution in [0.5, 0.6) is 0 Å². The second-order valence-electron chi connectivity index (χ2n) is 7.42. The molecule has 2 N–H and O–H groups in total. The number of carbonyl (C=O) groups excluding carboxylic acids is 3. The number of carbonyl (C=O) groups is 3. The van der Waals surface area contributed by atoms with Gasteiger partial charge in [0.1, 0.15) is 12.1 Å². The smallest absolute Gasteiger partial charge is 0.325 e. The molecule has 4 rings (SSSR count). The Morgan fingerprint density at radius 1 is 0.935 bits per heavy atom. The van der Waals surface area contributed by atoms with E-state index in [1.54, 1.807) is 37.3 Å². The van der Waals surface area contributed by atoms with Gasteiger partial charge in [0, 0.05) is 15.7 Å². The molecule has 1 heterocycles. The van der Waals surface area contributed by atoms with E-state index in [2.05, 4.69) is 26.6 Å². The van der Waals surface area contributed by atoms with Crippen molar-refractivity contribution in [2.24, 2.45) is 0 Å². The summed E-state index contributed by atoms with van der Waals surface area (Å²) in [5.74, 6) is -0.925. The molecule has 3 aromatic rings. The minimum atomic E-state index is -1.24. The van der Waals surface area contributed by atoms with Gasteiger partial charge in [-0.15, -0.1) is 0 Å². The second kappa shape index (κ2) is 8.35. The summed E-state index contributed by atoms with van der Waals surface area (Å²) in [6.45, 7) is 1.26. The van der Waals surface area contributed by atoms with Gasteiger partial charge in [-0.05, 0) is 36.2 Å². The zero-order valence-electron chi connectivity index (χ0n) is 16.8. The van der Waals surface area contributed by atoms with Gasteiger partial charge in [0.2, 0.25) is 5.91 Å². The molecular formula is C24H20BrN3O3. The fourth-order valence-electron chi connectivity index (χ4n) is 3.61. The standard InChI is InChI=1S/C24H20BrN3O3/c1-24(19-9-5-6-10-20(19)25)22(30)28(23(31)27-24)15-21(29)26-18-13-11-17(12-14-18)16-7-3-2-4-8-16/h2-14H,15H2,1H3,(H,26,29)(H,27,31). The molecule has 3 aromatic carbocycles. The van der Waals surface area contributed by atoms with Gasteiger partial charge in [-0.3, -0.25) is 14.5 Å². The number of benzene rings is 3. The summed E-state index contributed by atoms with van der Waals surface area (Å²) >= 11 is 3.43. The first-order valence-corrected chi connectivity index (χ1v) is 10.5. The van der Waals surface area contributed by atoms with Gasteiger partial charge < -0.3 is 10.6 Å². The molecule has 0 bridgehead atoms. The van der Waals surface area contributed by atoms with E-state index in [1.807, 2.05) is 48.5 Å². The first-order chi connectivity index (χ1) is 14.9. The number of halogens is 1. The largest absolute Gasteiger partial charge is 0.325 e. The van der Waals surface area contributed by atoms with Gasteiger partial charge in [0.25, 0.3) is 5.91 Å². The van der Waals surface area contributed by atoms with E-state index in [-0.39, 0.29) is 6.54 Å². The van der Waals surface area contributed by atoms with E-state index in [4.69, 9.17) is 0 Å². The van der Waals surface area contributed by atoms with Gasteiger partial charge in [-0.25, -0.2) is 4.79 Å². The van der Waals surface area contributed by atoms with E-state index >= 15 is 0 Å². The van der Waals surface area contributed by atoms with Crippen molar-refractivity contribution in [2.45, 2.75) is 12.5 Å². The van der Waals surface area contributed by atoms with Gasteiger partial charge in [0.05, 0.1) is 0 Å². The van der Waals surface area contributed by atoms with Crippen LogP contribution in [0.25, 0.3) is 11.1 Å². The molecule has 1 saturated heterocycles. The van der Waals surface area contributed by atoms with Crippen LogP contribution in [0.1, 0.15) is 12.5 Å². The number of hydrogen-bond donors (Lipinski definition) is 2. The summed E-state index contributed by atoms with van der Waals surface area (Å²) in [4.78, 5) is 39.0.